The van der Waals surface area contributed by atoms with Crippen molar-refractivity contribution in [1.29, 1.82) is 0 Å². The first-order chi connectivity index (χ1) is 6.77. The van der Waals surface area contributed by atoms with Crippen LogP contribution in [0.4, 0.5) is 0 Å². The van der Waals surface area contributed by atoms with Gasteiger partial charge in [-0.25, -0.2) is 0 Å². The van der Waals surface area contributed by atoms with E-state index in [1.165, 1.54) is 0 Å². The van der Waals surface area contributed by atoms with E-state index in [0.717, 1.165) is 24.2 Å². The minimum atomic E-state index is 0.00746. The largest absolute Gasteiger partial charge is 0.497 e. The van der Waals surface area contributed by atoms with Crippen LogP contribution in [0.5, 0.6) is 5.75 Å². The zero-order valence-corrected chi connectivity index (χ0v) is 8.44. The van der Waals surface area contributed by atoms with Crippen LogP contribution in [0.2, 0.25) is 0 Å². The van der Waals surface area contributed by atoms with Gasteiger partial charge in [0.2, 0.25) is 0 Å². The Kier molecular flexibility index (Phi) is 4.43. The minimum Gasteiger partial charge on any atom is -0.497 e. The third-order valence-corrected chi connectivity index (χ3v) is 2.22. The van der Waals surface area contributed by atoms with Crippen LogP contribution < -0.4 is 10.5 Å². The minimum absolute atomic E-state index is 0.00746. The van der Waals surface area contributed by atoms with E-state index < -0.39 is 0 Å². The summed E-state index contributed by atoms with van der Waals surface area (Å²) in [4.78, 5) is 0. The summed E-state index contributed by atoms with van der Waals surface area (Å²) in [5.41, 5.74) is 7.00. The number of aliphatic hydroxyl groups is 1. The molecule has 0 radical (unpaired) electrons. The van der Waals surface area contributed by atoms with E-state index in [-0.39, 0.29) is 12.6 Å². The molecule has 78 valence electrons. The summed E-state index contributed by atoms with van der Waals surface area (Å²) in [7, 11) is 1.64. The van der Waals surface area contributed by atoms with Crippen LogP contribution in [0.15, 0.2) is 24.3 Å². The Bertz CT molecular complexity index is 258. The van der Waals surface area contributed by atoms with E-state index in [1.54, 1.807) is 7.11 Å². The number of rotatable bonds is 5. The number of nitrogens with two attached hydrogens (primary N) is 1. The molecule has 1 rings (SSSR count). The number of hydrogen-bond donors (Lipinski definition) is 2. The molecular weight excluding hydrogens is 178 g/mol. The highest BCUT2D eigenvalue weighted by Crippen LogP contribution is 2.18. The van der Waals surface area contributed by atoms with Crippen LogP contribution in [0.3, 0.4) is 0 Å². The molecule has 0 aliphatic rings. The third-order valence-electron chi connectivity index (χ3n) is 2.22. The summed E-state index contributed by atoms with van der Waals surface area (Å²) < 4.78 is 5.05. The van der Waals surface area contributed by atoms with E-state index in [0.29, 0.717) is 0 Å². The van der Waals surface area contributed by atoms with E-state index in [9.17, 15) is 0 Å². The van der Waals surface area contributed by atoms with E-state index in [1.807, 2.05) is 24.3 Å². The van der Waals surface area contributed by atoms with Gasteiger partial charge >= 0.3 is 0 Å². The maximum atomic E-state index is 8.67. The summed E-state index contributed by atoms with van der Waals surface area (Å²) in [6, 6.07) is 7.72. The first-order valence-corrected chi connectivity index (χ1v) is 4.78. The smallest absolute Gasteiger partial charge is 0.118 e. The second-order valence-electron chi connectivity index (χ2n) is 3.25. The standard InChI is InChI=1S/C11H17NO2/c1-14-10-6-4-9(5-7-10)11(12)3-2-8-13/h4-7,11,13H,2-3,8,12H2,1H3. The van der Waals surface area contributed by atoms with Crippen molar-refractivity contribution in [1.82, 2.24) is 0 Å². The van der Waals surface area contributed by atoms with Crippen molar-refractivity contribution in [3.05, 3.63) is 29.8 Å². The molecule has 1 atom stereocenters. The fraction of sp³-hybridized carbons (Fsp3) is 0.455. The number of ether oxygens (including phenoxy) is 1. The summed E-state index contributed by atoms with van der Waals surface area (Å²) in [5.74, 6) is 0.836. The molecule has 1 aromatic carbocycles. The number of hydrogen-bond acceptors (Lipinski definition) is 3. The fourth-order valence-corrected chi connectivity index (χ4v) is 1.33. The highest BCUT2D eigenvalue weighted by Gasteiger charge is 2.04. The topological polar surface area (TPSA) is 55.5 Å². The molecule has 14 heavy (non-hydrogen) atoms. The Morgan fingerprint density at radius 1 is 1.36 bits per heavy atom. The summed E-state index contributed by atoms with van der Waals surface area (Å²) in [5, 5.41) is 8.67. The van der Waals surface area contributed by atoms with Crippen LogP contribution in [0.1, 0.15) is 24.4 Å². The highest BCUT2D eigenvalue weighted by molar-refractivity contribution is 5.28. The Morgan fingerprint density at radius 3 is 2.50 bits per heavy atom. The van der Waals surface area contributed by atoms with Gasteiger partial charge in [-0.3, -0.25) is 0 Å². The Balaban J connectivity index is 2.57. The van der Waals surface area contributed by atoms with E-state index >= 15 is 0 Å². The van der Waals surface area contributed by atoms with Crippen LogP contribution in [-0.4, -0.2) is 18.8 Å². The number of methoxy groups -OCH3 is 1. The third kappa shape index (κ3) is 3.01. The quantitative estimate of drug-likeness (QED) is 0.748. The first-order valence-electron chi connectivity index (χ1n) is 4.78. The van der Waals surface area contributed by atoms with Crippen molar-refractivity contribution in [2.45, 2.75) is 18.9 Å². The van der Waals surface area contributed by atoms with Gasteiger partial charge in [-0.05, 0) is 30.5 Å². The monoisotopic (exact) mass is 195 g/mol. The predicted molar refractivity (Wildman–Crippen MR) is 56.2 cm³/mol. The lowest BCUT2D eigenvalue weighted by atomic mass is 10.0. The molecule has 0 bridgehead atoms. The second kappa shape index (κ2) is 5.62. The van der Waals surface area contributed by atoms with Crippen molar-refractivity contribution >= 4 is 0 Å². The Morgan fingerprint density at radius 2 is 2.00 bits per heavy atom. The van der Waals surface area contributed by atoms with Crippen molar-refractivity contribution < 1.29 is 9.84 Å². The Labute approximate surface area is 84.5 Å². The molecule has 3 nitrogen and oxygen atoms in total. The predicted octanol–water partition coefficient (Wildman–Crippen LogP) is 1.47. The molecule has 1 aromatic rings. The molecule has 0 aliphatic carbocycles. The van der Waals surface area contributed by atoms with Gasteiger partial charge in [0.15, 0.2) is 0 Å². The number of benzene rings is 1. The van der Waals surface area contributed by atoms with Gasteiger partial charge in [0.25, 0.3) is 0 Å². The van der Waals surface area contributed by atoms with Crippen LogP contribution in [0.25, 0.3) is 0 Å². The van der Waals surface area contributed by atoms with Crippen molar-refractivity contribution in [2.75, 3.05) is 13.7 Å². The van der Waals surface area contributed by atoms with Gasteiger partial charge in [0.05, 0.1) is 7.11 Å². The van der Waals surface area contributed by atoms with Crippen molar-refractivity contribution in [3.63, 3.8) is 0 Å². The van der Waals surface area contributed by atoms with Crippen molar-refractivity contribution in [2.24, 2.45) is 5.73 Å². The van der Waals surface area contributed by atoms with Gasteiger partial charge in [-0.15, -0.1) is 0 Å². The molecule has 3 N–H and O–H groups in total. The fourth-order valence-electron chi connectivity index (χ4n) is 1.33. The van der Waals surface area contributed by atoms with Gasteiger partial charge in [-0.2, -0.15) is 0 Å². The molecule has 0 heterocycles. The van der Waals surface area contributed by atoms with Gasteiger partial charge in [0, 0.05) is 12.6 Å². The van der Waals surface area contributed by atoms with Crippen LogP contribution in [-0.2, 0) is 0 Å². The molecule has 0 spiro atoms. The van der Waals surface area contributed by atoms with Gasteiger partial charge < -0.3 is 15.6 Å². The SMILES string of the molecule is COc1ccc(C(N)CCCO)cc1. The van der Waals surface area contributed by atoms with Crippen molar-refractivity contribution in [3.8, 4) is 5.75 Å². The average molecular weight is 195 g/mol. The zero-order chi connectivity index (χ0) is 10.4. The molecule has 0 amide bonds. The van der Waals surface area contributed by atoms with Crippen LogP contribution in [0, 0.1) is 0 Å². The normalized spacial score (nSPS) is 12.5. The zero-order valence-electron chi connectivity index (χ0n) is 8.44. The lowest BCUT2D eigenvalue weighted by Crippen LogP contribution is -2.10. The molecule has 0 saturated carbocycles. The molecule has 0 fully saturated rings. The molecule has 0 aromatic heterocycles. The number of aliphatic hydroxyl groups excluding tert-OH is 1. The maximum Gasteiger partial charge on any atom is 0.118 e. The van der Waals surface area contributed by atoms with Crippen LogP contribution >= 0.6 is 0 Å². The lowest BCUT2D eigenvalue weighted by Gasteiger charge is -2.11. The summed E-state index contributed by atoms with van der Waals surface area (Å²) in [6.07, 6.45) is 1.55. The Hall–Kier alpha value is -1.06. The molecular formula is C11H17NO2. The molecule has 1 unspecified atom stereocenters. The van der Waals surface area contributed by atoms with E-state index in [2.05, 4.69) is 0 Å². The molecule has 0 saturated heterocycles. The maximum absolute atomic E-state index is 8.67. The highest BCUT2D eigenvalue weighted by atomic mass is 16.5. The first kappa shape index (κ1) is 11.0. The van der Waals surface area contributed by atoms with E-state index in [4.69, 9.17) is 15.6 Å². The average Bonchev–Trinajstić information content (AvgIpc) is 2.26. The van der Waals surface area contributed by atoms with Gasteiger partial charge in [0.1, 0.15) is 5.75 Å². The second-order valence-corrected chi connectivity index (χ2v) is 3.25. The van der Waals surface area contributed by atoms with Gasteiger partial charge in [-0.1, -0.05) is 12.1 Å². The summed E-state index contributed by atoms with van der Waals surface area (Å²) >= 11 is 0. The molecule has 0 aliphatic heterocycles. The summed E-state index contributed by atoms with van der Waals surface area (Å²) in [6.45, 7) is 0.198. The molecule has 3 heteroatoms. The lowest BCUT2D eigenvalue weighted by molar-refractivity contribution is 0.280.